The maximum absolute atomic E-state index is 13.9. The first kappa shape index (κ1) is 16.8. The molecule has 2 rings (SSSR count). The van der Waals surface area contributed by atoms with Crippen LogP contribution in [0.15, 0.2) is 35.3 Å². The molecule has 2 aromatic rings. The van der Waals surface area contributed by atoms with E-state index in [2.05, 4.69) is 10.3 Å². The molecule has 0 aliphatic rings. The Morgan fingerprint density at radius 1 is 1.30 bits per heavy atom. The molecule has 0 atom stereocenters. The number of hydrogen-bond donors (Lipinski definition) is 1. The van der Waals surface area contributed by atoms with Gasteiger partial charge in [0.25, 0.3) is 5.91 Å². The topological polar surface area (TPSA) is 73.2 Å². The number of carbonyl (C=O) groups is 1. The number of aromatic nitrogens is 2. The number of anilines is 1. The van der Waals surface area contributed by atoms with Gasteiger partial charge in [0.15, 0.2) is 11.6 Å². The van der Waals surface area contributed by atoms with Crippen molar-refractivity contribution in [3.63, 3.8) is 0 Å². The summed E-state index contributed by atoms with van der Waals surface area (Å²) in [6.07, 6.45) is 0.922. The third-order valence-electron chi connectivity index (χ3n) is 2.98. The van der Waals surface area contributed by atoms with Crippen LogP contribution in [0, 0.1) is 11.6 Å². The van der Waals surface area contributed by atoms with Crippen molar-refractivity contribution < 1.29 is 18.3 Å². The quantitative estimate of drug-likeness (QED) is 0.823. The van der Waals surface area contributed by atoms with Gasteiger partial charge in [-0.15, -0.1) is 0 Å². The highest BCUT2D eigenvalue weighted by Gasteiger charge is 2.15. The Bertz CT molecular complexity index is 762. The smallest absolute Gasteiger partial charge is 0.349 e. The first-order valence-corrected chi connectivity index (χ1v) is 6.93. The van der Waals surface area contributed by atoms with Gasteiger partial charge in [-0.3, -0.25) is 9.36 Å². The van der Waals surface area contributed by atoms with E-state index >= 15 is 0 Å². The number of halogens is 2. The number of hydrogen-bond acceptors (Lipinski definition) is 4. The van der Waals surface area contributed by atoms with Crippen LogP contribution >= 0.6 is 0 Å². The molecule has 0 fully saturated rings. The number of nitrogens with zero attached hydrogens (tertiary/aromatic N) is 2. The Kier molecular flexibility index (Phi) is 5.53. The van der Waals surface area contributed by atoms with Gasteiger partial charge in [0.2, 0.25) is 0 Å². The van der Waals surface area contributed by atoms with E-state index in [0.29, 0.717) is 6.61 Å². The molecule has 0 radical (unpaired) electrons. The first-order chi connectivity index (χ1) is 11.0. The minimum atomic E-state index is -0.897. The zero-order chi connectivity index (χ0) is 16.8. The zero-order valence-electron chi connectivity index (χ0n) is 12.4. The van der Waals surface area contributed by atoms with Gasteiger partial charge in [-0.25, -0.2) is 13.6 Å². The Morgan fingerprint density at radius 2 is 2.04 bits per heavy atom. The number of carbonyl (C=O) groups excluding carboxylic acids is 1. The Morgan fingerprint density at radius 3 is 2.74 bits per heavy atom. The molecular formula is C15H15F2N3O3. The van der Waals surface area contributed by atoms with Crippen LogP contribution in [-0.2, 0) is 11.3 Å². The van der Waals surface area contributed by atoms with Crippen LogP contribution in [-0.4, -0.2) is 28.7 Å². The van der Waals surface area contributed by atoms with Crippen molar-refractivity contribution in [2.24, 2.45) is 0 Å². The molecule has 6 nitrogen and oxygen atoms in total. The summed E-state index contributed by atoms with van der Waals surface area (Å²) >= 11 is 0. The maximum Gasteiger partial charge on any atom is 0.349 e. The second-order valence-corrected chi connectivity index (χ2v) is 4.54. The lowest BCUT2D eigenvalue weighted by atomic mass is 10.2. The van der Waals surface area contributed by atoms with Crippen LogP contribution < -0.4 is 11.0 Å². The van der Waals surface area contributed by atoms with Crippen LogP contribution in [0.5, 0.6) is 0 Å². The zero-order valence-corrected chi connectivity index (χ0v) is 12.4. The summed E-state index contributed by atoms with van der Waals surface area (Å²) in [7, 11) is 0. The van der Waals surface area contributed by atoms with Gasteiger partial charge < -0.3 is 10.1 Å². The highest BCUT2D eigenvalue weighted by Crippen LogP contribution is 2.12. The predicted octanol–water partition coefficient (Wildman–Crippen LogP) is 1.81. The fourth-order valence-corrected chi connectivity index (χ4v) is 1.84. The van der Waals surface area contributed by atoms with E-state index in [1.54, 1.807) is 6.92 Å². The minimum Gasteiger partial charge on any atom is -0.380 e. The van der Waals surface area contributed by atoms with E-state index in [1.807, 2.05) is 0 Å². The van der Waals surface area contributed by atoms with E-state index < -0.39 is 29.0 Å². The lowest BCUT2D eigenvalue weighted by Crippen LogP contribution is -2.28. The third-order valence-corrected chi connectivity index (χ3v) is 2.98. The second-order valence-electron chi connectivity index (χ2n) is 4.54. The van der Waals surface area contributed by atoms with Gasteiger partial charge in [0, 0.05) is 12.8 Å². The minimum absolute atomic E-state index is 0.137. The van der Waals surface area contributed by atoms with Crippen molar-refractivity contribution in [2.75, 3.05) is 18.5 Å². The molecule has 1 aromatic carbocycles. The van der Waals surface area contributed by atoms with Gasteiger partial charge in [-0.1, -0.05) is 12.1 Å². The van der Waals surface area contributed by atoms with Gasteiger partial charge in [0.1, 0.15) is 5.82 Å². The van der Waals surface area contributed by atoms with Crippen molar-refractivity contribution in [3.05, 3.63) is 58.1 Å². The highest BCUT2D eigenvalue weighted by molar-refractivity contribution is 6.03. The summed E-state index contributed by atoms with van der Waals surface area (Å²) in [6, 6.07) is 5.23. The standard InChI is InChI=1S/C15H15F2N3O3/c1-2-23-8-7-20-9-12(17)13(19-15(20)22)18-14(21)10-5-3-4-6-11(10)16/h3-6,9H,2,7-8H2,1H3,(H,18,19,21,22). The number of ether oxygens (including phenoxy) is 1. The molecule has 1 amide bonds. The molecule has 0 saturated heterocycles. The summed E-state index contributed by atoms with van der Waals surface area (Å²) < 4.78 is 33.6. The molecule has 122 valence electrons. The lowest BCUT2D eigenvalue weighted by molar-refractivity contribution is 0.102. The Labute approximate surface area is 130 Å². The van der Waals surface area contributed by atoms with Crippen LogP contribution in [0.3, 0.4) is 0 Å². The molecule has 0 spiro atoms. The molecule has 0 aliphatic heterocycles. The first-order valence-electron chi connectivity index (χ1n) is 6.93. The molecule has 1 aromatic heterocycles. The van der Waals surface area contributed by atoms with E-state index in [9.17, 15) is 18.4 Å². The van der Waals surface area contributed by atoms with E-state index in [0.717, 1.165) is 16.8 Å². The van der Waals surface area contributed by atoms with Gasteiger partial charge in [-0.2, -0.15) is 4.98 Å². The summed E-state index contributed by atoms with van der Waals surface area (Å²) in [5.74, 6) is -3.09. The fourth-order valence-electron chi connectivity index (χ4n) is 1.84. The predicted molar refractivity (Wildman–Crippen MR) is 79.3 cm³/mol. The monoisotopic (exact) mass is 323 g/mol. The van der Waals surface area contributed by atoms with Crippen molar-refractivity contribution in [2.45, 2.75) is 13.5 Å². The SMILES string of the molecule is CCOCCn1cc(F)c(NC(=O)c2ccccc2F)nc1=O. The average Bonchev–Trinajstić information content (AvgIpc) is 2.52. The summed E-state index contributed by atoms with van der Waals surface area (Å²) in [6.45, 7) is 2.64. The lowest BCUT2D eigenvalue weighted by Gasteiger charge is -2.09. The number of nitrogens with one attached hydrogen (secondary N) is 1. The highest BCUT2D eigenvalue weighted by atomic mass is 19.1. The Hall–Kier alpha value is -2.61. The molecule has 0 aliphatic carbocycles. The normalized spacial score (nSPS) is 10.6. The molecule has 0 unspecified atom stereocenters. The average molecular weight is 323 g/mol. The number of amides is 1. The number of rotatable bonds is 6. The van der Waals surface area contributed by atoms with Crippen molar-refractivity contribution in [1.29, 1.82) is 0 Å². The van der Waals surface area contributed by atoms with E-state index in [4.69, 9.17) is 4.74 Å². The van der Waals surface area contributed by atoms with Gasteiger partial charge in [-0.05, 0) is 19.1 Å². The van der Waals surface area contributed by atoms with Crippen molar-refractivity contribution in [1.82, 2.24) is 9.55 Å². The summed E-state index contributed by atoms with van der Waals surface area (Å²) in [5, 5.41) is 2.09. The number of benzene rings is 1. The molecule has 0 bridgehead atoms. The van der Waals surface area contributed by atoms with Crippen LogP contribution in [0.1, 0.15) is 17.3 Å². The molecule has 1 N–H and O–H groups in total. The van der Waals surface area contributed by atoms with Crippen molar-refractivity contribution >= 4 is 11.7 Å². The summed E-state index contributed by atoms with van der Waals surface area (Å²) in [4.78, 5) is 27.2. The van der Waals surface area contributed by atoms with Crippen LogP contribution in [0.4, 0.5) is 14.6 Å². The maximum atomic E-state index is 13.9. The Balaban J connectivity index is 2.18. The fraction of sp³-hybridized carbons (Fsp3) is 0.267. The van der Waals surface area contributed by atoms with Gasteiger partial charge in [0.05, 0.1) is 18.7 Å². The van der Waals surface area contributed by atoms with Crippen LogP contribution in [0.25, 0.3) is 0 Å². The largest absolute Gasteiger partial charge is 0.380 e. The molecular weight excluding hydrogens is 308 g/mol. The van der Waals surface area contributed by atoms with Gasteiger partial charge >= 0.3 is 5.69 Å². The van der Waals surface area contributed by atoms with E-state index in [-0.39, 0.29) is 18.7 Å². The third kappa shape index (κ3) is 4.19. The summed E-state index contributed by atoms with van der Waals surface area (Å²) in [5.41, 5.74) is -1.01. The molecule has 8 heteroatoms. The molecule has 1 heterocycles. The van der Waals surface area contributed by atoms with E-state index in [1.165, 1.54) is 18.2 Å². The second kappa shape index (κ2) is 7.59. The molecule has 23 heavy (non-hydrogen) atoms. The van der Waals surface area contributed by atoms with Crippen molar-refractivity contribution in [3.8, 4) is 0 Å². The van der Waals surface area contributed by atoms with Crippen LogP contribution in [0.2, 0.25) is 0 Å². The molecule has 0 saturated carbocycles.